The first kappa shape index (κ1) is 17.9. The van der Waals surface area contributed by atoms with Crippen LogP contribution in [0.4, 0.5) is 21.7 Å². The van der Waals surface area contributed by atoms with E-state index in [9.17, 15) is 4.39 Å². The van der Waals surface area contributed by atoms with Crippen molar-refractivity contribution in [3.63, 3.8) is 0 Å². The second-order valence-electron chi connectivity index (χ2n) is 5.53. The van der Waals surface area contributed by atoms with Gasteiger partial charge in [-0.25, -0.2) is 14.4 Å². The number of rotatable bonds is 7. The molecule has 134 valence electrons. The Balaban J connectivity index is 1.61. The molecular formula is C19H18ClFN4O. The van der Waals surface area contributed by atoms with E-state index in [0.717, 1.165) is 17.7 Å². The van der Waals surface area contributed by atoms with Gasteiger partial charge in [0.25, 0.3) is 0 Å². The van der Waals surface area contributed by atoms with E-state index < -0.39 is 5.82 Å². The van der Waals surface area contributed by atoms with Crippen molar-refractivity contribution in [2.75, 3.05) is 24.3 Å². The van der Waals surface area contributed by atoms with Crippen LogP contribution in [0.3, 0.4) is 0 Å². The SMILES string of the molecule is COc1ccccc1CCNc1cc(Nc2ccc(F)c(Cl)c2)ncn1. The standard InChI is InChI=1S/C19H18ClFN4O/c1-26-17-5-3-2-4-13(17)8-9-22-18-11-19(24-12-23-18)25-14-6-7-16(21)15(20)10-14/h2-7,10-12H,8-9H2,1H3,(H2,22,23,24,25). The van der Waals surface area contributed by atoms with Gasteiger partial charge in [-0.1, -0.05) is 29.8 Å². The lowest BCUT2D eigenvalue weighted by molar-refractivity contribution is 0.410. The number of nitrogens with one attached hydrogen (secondary N) is 2. The first-order valence-corrected chi connectivity index (χ1v) is 8.43. The molecule has 0 radical (unpaired) electrons. The summed E-state index contributed by atoms with van der Waals surface area (Å²) < 4.78 is 18.6. The largest absolute Gasteiger partial charge is 0.496 e. The molecule has 0 spiro atoms. The fourth-order valence-electron chi connectivity index (χ4n) is 2.48. The zero-order valence-electron chi connectivity index (χ0n) is 14.2. The Hall–Kier alpha value is -2.86. The Morgan fingerprint density at radius 2 is 1.88 bits per heavy atom. The van der Waals surface area contributed by atoms with Gasteiger partial charge in [-0.15, -0.1) is 0 Å². The fourth-order valence-corrected chi connectivity index (χ4v) is 2.66. The predicted octanol–water partition coefficient (Wildman–Crippen LogP) is 4.68. The number of ether oxygens (including phenoxy) is 1. The van der Waals surface area contributed by atoms with Gasteiger partial charge in [0.1, 0.15) is 29.5 Å². The minimum absolute atomic E-state index is 0.0548. The second-order valence-corrected chi connectivity index (χ2v) is 5.94. The number of aromatic nitrogens is 2. The summed E-state index contributed by atoms with van der Waals surface area (Å²) in [6.45, 7) is 0.694. The molecule has 0 amide bonds. The Labute approximate surface area is 156 Å². The second kappa shape index (κ2) is 8.49. The predicted molar refractivity (Wildman–Crippen MR) is 102 cm³/mol. The lowest BCUT2D eigenvalue weighted by atomic mass is 10.1. The molecule has 3 rings (SSSR count). The van der Waals surface area contributed by atoms with E-state index in [1.807, 2.05) is 24.3 Å². The Morgan fingerprint density at radius 3 is 2.69 bits per heavy atom. The monoisotopic (exact) mass is 372 g/mol. The lowest BCUT2D eigenvalue weighted by Gasteiger charge is -2.10. The van der Waals surface area contributed by atoms with E-state index in [2.05, 4.69) is 20.6 Å². The van der Waals surface area contributed by atoms with E-state index in [1.165, 1.54) is 18.5 Å². The van der Waals surface area contributed by atoms with Gasteiger partial charge in [-0.3, -0.25) is 0 Å². The van der Waals surface area contributed by atoms with Crippen LogP contribution in [0.25, 0.3) is 0 Å². The van der Waals surface area contributed by atoms with Crippen LogP contribution < -0.4 is 15.4 Å². The molecule has 5 nitrogen and oxygen atoms in total. The van der Waals surface area contributed by atoms with Gasteiger partial charge in [0.05, 0.1) is 12.1 Å². The van der Waals surface area contributed by atoms with Crippen LogP contribution in [0.2, 0.25) is 5.02 Å². The summed E-state index contributed by atoms with van der Waals surface area (Å²) >= 11 is 5.79. The zero-order chi connectivity index (χ0) is 18.4. The average Bonchev–Trinajstić information content (AvgIpc) is 2.65. The molecule has 0 aliphatic carbocycles. The maximum atomic E-state index is 13.2. The van der Waals surface area contributed by atoms with Crippen molar-refractivity contribution in [1.82, 2.24) is 9.97 Å². The summed E-state index contributed by atoms with van der Waals surface area (Å²) in [5.41, 5.74) is 1.77. The van der Waals surface area contributed by atoms with Gasteiger partial charge >= 0.3 is 0 Å². The minimum atomic E-state index is -0.460. The summed E-state index contributed by atoms with van der Waals surface area (Å²) in [6.07, 6.45) is 2.25. The number of methoxy groups -OCH3 is 1. The zero-order valence-corrected chi connectivity index (χ0v) is 14.9. The van der Waals surface area contributed by atoms with Gasteiger partial charge in [0, 0.05) is 18.3 Å². The molecule has 0 unspecified atom stereocenters. The molecule has 0 aliphatic heterocycles. The normalized spacial score (nSPS) is 10.4. The smallest absolute Gasteiger partial charge is 0.141 e. The summed E-state index contributed by atoms with van der Waals surface area (Å²) in [6, 6.07) is 14.1. The number of benzene rings is 2. The molecule has 0 saturated carbocycles. The summed E-state index contributed by atoms with van der Waals surface area (Å²) in [4.78, 5) is 8.37. The van der Waals surface area contributed by atoms with E-state index in [1.54, 1.807) is 19.2 Å². The number of halogens is 2. The first-order chi connectivity index (χ1) is 12.7. The molecule has 26 heavy (non-hydrogen) atoms. The molecule has 0 atom stereocenters. The minimum Gasteiger partial charge on any atom is -0.496 e. The van der Waals surface area contributed by atoms with Gasteiger partial charge in [-0.2, -0.15) is 0 Å². The van der Waals surface area contributed by atoms with Crippen LogP contribution in [0.15, 0.2) is 54.9 Å². The van der Waals surface area contributed by atoms with Gasteiger partial charge in [0.2, 0.25) is 0 Å². The van der Waals surface area contributed by atoms with Crippen molar-refractivity contribution in [3.05, 3.63) is 71.3 Å². The van der Waals surface area contributed by atoms with E-state index in [-0.39, 0.29) is 5.02 Å². The molecule has 2 N–H and O–H groups in total. The number of hydrogen-bond acceptors (Lipinski definition) is 5. The lowest BCUT2D eigenvalue weighted by Crippen LogP contribution is -2.08. The number of nitrogens with zero attached hydrogens (tertiary/aromatic N) is 2. The van der Waals surface area contributed by atoms with Crippen LogP contribution in [0.5, 0.6) is 5.75 Å². The Kier molecular flexibility index (Phi) is 5.86. The highest BCUT2D eigenvalue weighted by Crippen LogP contribution is 2.22. The molecule has 1 aromatic heterocycles. The van der Waals surface area contributed by atoms with Crippen molar-refractivity contribution < 1.29 is 9.13 Å². The molecule has 3 aromatic rings. The molecule has 2 aromatic carbocycles. The molecular weight excluding hydrogens is 355 g/mol. The molecule has 7 heteroatoms. The summed E-state index contributed by atoms with van der Waals surface area (Å²) in [5.74, 6) is 1.68. The third-order valence-electron chi connectivity index (χ3n) is 3.75. The van der Waals surface area contributed by atoms with Crippen molar-refractivity contribution in [2.45, 2.75) is 6.42 Å². The van der Waals surface area contributed by atoms with Crippen LogP contribution in [0.1, 0.15) is 5.56 Å². The maximum absolute atomic E-state index is 13.2. The van der Waals surface area contributed by atoms with Crippen LogP contribution in [-0.2, 0) is 6.42 Å². The van der Waals surface area contributed by atoms with Crippen LogP contribution >= 0.6 is 11.6 Å². The highest BCUT2D eigenvalue weighted by molar-refractivity contribution is 6.31. The molecule has 1 heterocycles. The highest BCUT2D eigenvalue weighted by atomic mass is 35.5. The van der Waals surface area contributed by atoms with Crippen molar-refractivity contribution in [3.8, 4) is 5.75 Å². The quantitative estimate of drug-likeness (QED) is 0.630. The number of hydrogen-bond donors (Lipinski definition) is 2. The molecule has 0 fully saturated rings. The third kappa shape index (κ3) is 4.61. The van der Waals surface area contributed by atoms with Gasteiger partial charge < -0.3 is 15.4 Å². The average molecular weight is 373 g/mol. The Morgan fingerprint density at radius 1 is 1.08 bits per heavy atom. The van der Waals surface area contributed by atoms with E-state index >= 15 is 0 Å². The molecule has 0 saturated heterocycles. The van der Waals surface area contributed by atoms with Crippen molar-refractivity contribution >= 4 is 28.9 Å². The Bertz CT molecular complexity index is 891. The number of para-hydroxylation sites is 1. The topological polar surface area (TPSA) is 59.1 Å². The van der Waals surface area contributed by atoms with Gasteiger partial charge in [-0.05, 0) is 36.2 Å². The van der Waals surface area contributed by atoms with Crippen LogP contribution in [-0.4, -0.2) is 23.6 Å². The van der Waals surface area contributed by atoms with E-state index in [4.69, 9.17) is 16.3 Å². The van der Waals surface area contributed by atoms with E-state index in [0.29, 0.717) is 23.9 Å². The molecule has 0 aliphatic rings. The van der Waals surface area contributed by atoms with Crippen molar-refractivity contribution in [2.24, 2.45) is 0 Å². The summed E-state index contributed by atoms with van der Waals surface area (Å²) in [5, 5.41) is 6.39. The first-order valence-electron chi connectivity index (χ1n) is 8.05. The third-order valence-corrected chi connectivity index (χ3v) is 4.04. The van der Waals surface area contributed by atoms with Crippen LogP contribution in [0, 0.1) is 5.82 Å². The van der Waals surface area contributed by atoms with Gasteiger partial charge in [0.15, 0.2) is 0 Å². The summed E-state index contributed by atoms with van der Waals surface area (Å²) in [7, 11) is 1.66. The van der Waals surface area contributed by atoms with Crippen molar-refractivity contribution in [1.29, 1.82) is 0 Å². The fraction of sp³-hybridized carbons (Fsp3) is 0.158. The number of anilines is 3. The highest BCUT2D eigenvalue weighted by Gasteiger charge is 2.04. The molecule has 0 bridgehead atoms. The maximum Gasteiger partial charge on any atom is 0.141 e.